The van der Waals surface area contributed by atoms with Crippen LogP contribution in [0.2, 0.25) is 0 Å². The molecule has 1 aliphatic heterocycles. The molecule has 104 valence electrons. The lowest BCUT2D eigenvalue weighted by molar-refractivity contribution is 0.0686. The molecule has 2 heterocycles. The number of nitrogens with zero attached hydrogens (tertiary/aromatic N) is 1. The first-order chi connectivity index (χ1) is 9.69. The van der Waals surface area contributed by atoms with E-state index >= 15 is 0 Å². The molecule has 2 aromatic rings. The molecular weight excluding hydrogens is 266 g/mol. The molecule has 0 aliphatic carbocycles. The van der Waals surface area contributed by atoms with Crippen LogP contribution in [0.15, 0.2) is 22.7 Å². The van der Waals surface area contributed by atoms with Crippen LogP contribution in [-0.4, -0.2) is 36.6 Å². The molecule has 0 fully saturated rings. The quantitative estimate of drug-likeness (QED) is 0.914. The summed E-state index contributed by atoms with van der Waals surface area (Å²) in [6.07, 6.45) is 0. The number of rotatable bonds is 3. The van der Waals surface area contributed by atoms with Crippen molar-refractivity contribution in [1.29, 1.82) is 0 Å². The van der Waals surface area contributed by atoms with Gasteiger partial charge in [0.05, 0.1) is 12.7 Å². The van der Waals surface area contributed by atoms with Crippen LogP contribution in [0.4, 0.5) is 0 Å². The molecule has 20 heavy (non-hydrogen) atoms. The number of carboxylic acids is 1. The van der Waals surface area contributed by atoms with Crippen molar-refractivity contribution in [2.75, 3.05) is 20.3 Å². The molecule has 0 radical (unpaired) electrons. The Bertz CT molecular complexity index is 663. The van der Waals surface area contributed by atoms with Crippen molar-refractivity contribution in [2.24, 2.45) is 0 Å². The van der Waals surface area contributed by atoms with E-state index < -0.39 is 5.97 Å². The van der Waals surface area contributed by atoms with E-state index in [9.17, 15) is 4.79 Å². The van der Waals surface area contributed by atoms with Crippen LogP contribution in [0.5, 0.6) is 17.2 Å². The van der Waals surface area contributed by atoms with E-state index in [4.69, 9.17) is 23.8 Å². The first kappa shape index (κ1) is 12.3. The first-order valence-electron chi connectivity index (χ1n) is 5.87. The Morgan fingerprint density at radius 1 is 1.25 bits per heavy atom. The Balaban J connectivity index is 2.08. The summed E-state index contributed by atoms with van der Waals surface area (Å²) in [6, 6.07) is 4.68. The standard InChI is InChI=1S/C13H11NO6/c1-17-9-6-12-11(18-2-3-19-12)4-7(9)10-5-8(13(15)16)14-20-10/h4-6H,2-3H2,1H3,(H,15,16). The molecule has 1 aliphatic rings. The number of hydrogen-bond donors (Lipinski definition) is 1. The van der Waals surface area contributed by atoms with Gasteiger partial charge in [-0.05, 0) is 6.07 Å². The summed E-state index contributed by atoms with van der Waals surface area (Å²) < 4.78 is 21.2. The van der Waals surface area contributed by atoms with E-state index in [0.29, 0.717) is 36.0 Å². The minimum atomic E-state index is -1.16. The van der Waals surface area contributed by atoms with Gasteiger partial charge in [0.15, 0.2) is 23.0 Å². The average Bonchev–Trinajstić information content (AvgIpc) is 2.95. The Morgan fingerprint density at radius 2 is 1.95 bits per heavy atom. The molecule has 7 nitrogen and oxygen atoms in total. The van der Waals surface area contributed by atoms with Crippen LogP contribution in [-0.2, 0) is 0 Å². The highest BCUT2D eigenvalue weighted by Crippen LogP contribution is 2.41. The van der Waals surface area contributed by atoms with Gasteiger partial charge >= 0.3 is 5.97 Å². The highest BCUT2D eigenvalue weighted by Gasteiger charge is 2.21. The van der Waals surface area contributed by atoms with Gasteiger partial charge in [-0.2, -0.15) is 0 Å². The molecule has 0 bridgehead atoms. The third kappa shape index (κ3) is 2.03. The fourth-order valence-electron chi connectivity index (χ4n) is 1.93. The van der Waals surface area contributed by atoms with Gasteiger partial charge in [-0.1, -0.05) is 5.16 Å². The zero-order valence-electron chi connectivity index (χ0n) is 10.6. The highest BCUT2D eigenvalue weighted by molar-refractivity contribution is 5.87. The summed E-state index contributed by atoms with van der Waals surface area (Å²) in [5, 5.41) is 12.3. The van der Waals surface area contributed by atoms with Gasteiger partial charge in [-0.25, -0.2) is 4.79 Å². The smallest absolute Gasteiger partial charge is 0.358 e. The van der Waals surface area contributed by atoms with Gasteiger partial charge in [0, 0.05) is 12.1 Å². The topological polar surface area (TPSA) is 91.0 Å². The number of hydrogen-bond acceptors (Lipinski definition) is 6. The van der Waals surface area contributed by atoms with Gasteiger partial charge in [0.25, 0.3) is 0 Å². The lowest BCUT2D eigenvalue weighted by Crippen LogP contribution is -2.15. The van der Waals surface area contributed by atoms with E-state index in [-0.39, 0.29) is 11.5 Å². The third-order valence-corrected chi connectivity index (χ3v) is 2.86. The lowest BCUT2D eigenvalue weighted by atomic mass is 10.1. The number of aromatic carboxylic acids is 1. The summed E-state index contributed by atoms with van der Waals surface area (Å²) in [5.74, 6) is 0.755. The maximum absolute atomic E-state index is 10.8. The Morgan fingerprint density at radius 3 is 2.55 bits per heavy atom. The SMILES string of the molecule is COc1cc2c(cc1-c1cc(C(=O)O)no1)OCCO2. The summed E-state index contributed by atoms with van der Waals surface area (Å²) >= 11 is 0. The number of fused-ring (bicyclic) bond motifs is 1. The van der Waals surface area contributed by atoms with Crippen LogP contribution in [0.1, 0.15) is 10.5 Å². The lowest BCUT2D eigenvalue weighted by Gasteiger charge is -2.20. The summed E-state index contributed by atoms with van der Waals surface area (Å²) in [5.41, 5.74) is 0.383. The molecule has 0 spiro atoms. The molecule has 7 heteroatoms. The Hall–Kier alpha value is -2.70. The summed E-state index contributed by atoms with van der Waals surface area (Å²) in [7, 11) is 1.50. The maximum Gasteiger partial charge on any atom is 0.358 e. The van der Waals surface area contributed by atoms with E-state index in [2.05, 4.69) is 5.16 Å². The average molecular weight is 277 g/mol. The zero-order valence-corrected chi connectivity index (χ0v) is 10.6. The van der Waals surface area contributed by atoms with Crippen molar-refractivity contribution < 1.29 is 28.6 Å². The highest BCUT2D eigenvalue weighted by atomic mass is 16.6. The third-order valence-electron chi connectivity index (χ3n) is 2.86. The zero-order chi connectivity index (χ0) is 14.1. The largest absolute Gasteiger partial charge is 0.496 e. The number of carboxylic acid groups (broad SMARTS) is 1. The molecule has 1 N–H and O–H groups in total. The second kappa shape index (κ2) is 4.76. The predicted octanol–water partition coefficient (Wildman–Crippen LogP) is 1.82. The Kier molecular flexibility index (Phi) is 2.94. The summed E-state index contributed by atoms with van der Waals surface area (Å²) in [4.78, 5) is 10.8. The van der Waals surface area contributed by atoms with Crippen molar-refractivity contribution in [2.45, 2.75) is 0 Å². The number of carbonyl (C=O) groups is 1. The van der Waals surface area contributed by atoms with Crippen LogP contribution >= 0.6 is 0 Å². The molecule has 1 aromatic heterocycles. The maximum atomic E-state index is 10.8. The molecule has 1 aromatic carbocycles. The fraction of sp³-hybridized carbons (Fsp3) is 0.231. The fourth-order valence-corrected chi connectivity index (χ4v) is 1.93. The van der Waals surface area contributed by atoms with Crippen molar-refractivity contribution >= 4 is 5.97 Å². The molecule has 0 amide bonds. The number of benzene rings is 1. The Labute approximate surface area is 113 Å². The monoisotopic (exact) mass is 277 g/mol. The number of aromatic nitrogens is 1. The summed E-state index contributed by atoms with van der Waals surface area (Å²) in [6.45, 7) is 0.927. The van der Waals surface area contributed by atoms with Crippen molar-refractivity contribution in [3.8, 4) is 28.6 Å². The predicted molar refractivity (Wildman–Crippen MR) is 66.4 cm³/mol. The molecular formula is C13H11NO6. The van der Waals surface area contributed by atoms with E-state index in [1.165, 1.54) is 13.2 Å². The van der Waals surface area contributed by atoms with E-state index in [1.807, 2.05) is 0 Å². The molecule has 0 unspecified atom stereocenters. The second-order valence-electron chi connectivity index (χ2n) is 4.08. The minimum Gasteiger partial charge on any atom is -0.496 e. The molecule has 3 rings (SSSR count). The second-order valence-corrected chi connectivity index (χ2v) is 4.08. The van der Waals surface area contributed by atoms with Crippen LogP contribution < -0.4 is 14.2 Å². The van der Waals surface area contributed by atoms with Crippen molar-refractivity contribution in [3.05, 3.63) is 23.9 Å². The molecule has 0 saturated heterocycles. The molecule has 0 saturated carbocycles. The van der Waals surface area contributed by atoms with Gasteiger partial charge < -0.3 is 23.8 Å². The van der Waals surface area contributed by atoms with E-state index in [1.54, 1.807) is 12.1 Å². The first-order valence-corrected chi connectivity index (χ1v) is 5.87. The van der Waals surface area contributed by atoms with Gasteiger partial charge in [0.1, 0.15) is 19.0 Å². The van der Waals surface area contributed by atoms with Gasteiger partial charge in [-0.3, -0.25) is 0 Å². The van der Waals surface area contributed by atoms with Crippen LogP contribution in [0, 0.1) is 0 Å². The van der Waals surface area contributed by atoms with Gasteiger partial charge in [-0.15, -0.1) is 0 Å². The molecule has 0 atom stereocenters. The minimum absolute atomic E-state index is 0.169. The number of methoxy groups -OCH3 is 1. The normalized spacial score (nSPS) is 13.1. The van der Waals surface area contributed by atoms with Crippen LogP contribution in [0.3, 0.4) is 0 Å². The van der Waals surface area contributed by atoms with E-state index in [0.717, 1.165) is 0 Å². The van der Waals surface area contributed by atoms with Crippen LogP contribution in [0.25, 0.3) is 11.3 Å². The van der Waals surface area contributed by atoms with Gasteiger partial charge in [0.2, 0.25) is 0 Å². The number of ether oxygens (including phenoxy) is 3. The van der Waals surface area contributed by atoms with Crippen molar-refractivity contribution in [3.63, 3.8) is 0 Å². The van der Waals surface area contributed by atoms with Crippen molar-refractivity contribution in [1.82, 2.24) is 5.16 Å².